The monoisotopic (exact) mass is 270 g/mol. The van der Waals surface area contributed by atoms with E-state index in [0.29, 0.717) is 0 Å². The number of carbonyl (C=O) groups excluding carboxylic acids is 1. The summed E-state index contributed by atoms with van der Waals surface area (Å²) in [5.41, 5.74) is -0.175. The van der Waals surface area contributed by atoms with Crippen molar-refractivity contribution in [2.45, 2.75) is 65.7 Å². The highest BCUT2D eigenvalue weighted by molar-refractivity contribution is 5.82. The molecule has 19 heavy (non-hydrogen) atoms. The Kier molecular flexibility index (Phi) is 9.94. The van der Waals surface area contributed by atoms with Gasteiger partial charge in [0.15, 0.2) is 0 Å². The van der Waals surface area contributed by atoms with Gasteiger partial charge in [0.05, 0.1) is 0 Å². The number of carbonyl (C=O) groups is 1. The SMILES string of the molecule is CCCCCCC(C)(CC)C(=O)NCCCN(C)C. The van der Waals surface area contributed by atoms with E-state index in [0.717, 1.165) is 32.4 Å². The minimum atomic E-state index is -0.175. The molecule has 0 spiro atoms. The van der Waals surface area contributed by atoms with Crippen LogP contribution in [0.4, 0.5) is 0 Å². The lowest BCUT2D eigenvalue weighted by molar-refractivity contribution is -0.130. The van der Waals surface area contributed by atoms with E-state index in [2.05, 4.69) is 45.1 Å². The maximum Gasteiger partial charge on any atom is 0.225 e. The normalized spacial score (nSPS) is 14.4. The summed E-state index contributed by atoms with van der Waals surface area (Å²) in [5.74, 6) is 0.241. The Balaban J connectivity index is 3.99. The van der Waals surface area contributed by atoms with Gasteiger partial charge in [-0.1, -0.05) is 46.5 Å². The Morgan fingerprint density at radius 1 is 1.11 bits per heavy atom. The maximum absolute atomic E-state index is 12.3. The smallest absolute Gasteiger partial charge is 0.225 e. The number of rotatable bonds is 11. The summed E-state index contributed by atoms with van der Waals surface area (Å²) >= 11 is 0. The third-order valence-electron chi connectivity index (χ3n) is 3.98. The molecule has 0 aromatic heterocycles. The predicted octanol–water partition coefficient (Wildman–Crippen LogP) is 3.44. The van der Waals surface area contributed by atoms with Crippen LogP contribution in [0.25, 0.3) is 0 Å². The van der Waals surface area contributed by atoms with Gasteiger partial charge in [-0.3, -0.25) is 4.79 Å². The van der Waals surface area contributed by atoms with Crippen LogP contribution >= 0.6 is 0 Å². The summed E-state index contributed by atoms with van der Waals surface area (Å²) in [7, 11) is 4.12. The molecule has 1 amide bonds. The summed E-state index contributed by atoms with van der Waals surface area (Å²) in [5, 5.41) is 3.10. The largest absolute Gasteiger partial charge is 0.356 e. The van der Waals surface area contributed by atoms with Crippen molar-refractivity contribution in [3.63, 3.8) is 0 Å². The summed E-state index contributed by atoms with van der Waals surface area (Å²) in [6.07, 6.45) is 7.92. The summed E-state index contributed by atoms with van der Waals surface area (Å²) < 4.78 is 0. The lowest BCUT2D eigenvalue weighted by Gasteiger charge is -2.27. The number of amides is 1. The summed E-state index contributed by atoms with van der Waals surface area (Å²) in [6, 6.07) is 0. The van der Waals surface area contributed by atoms with Crippen LogP contribution in [0.5, 0.6) is 0 Å². The highest BCUT2D eigenvalue weighted by Gasteiger charge is 2.30. The molecule has 1 atom stereocenters. The molecule has 1 unspecified atom stereocenters. The van der Waals surface area contributed by atoms with E-state index in [4.69, 9.17) is 0 Å². The predicted molar refractivity (Wildman–Crippen MR) is 83.3 cm³/mol. The molecule has 3 nitrogen and oxygen atoms in total. The van der Waals surface area contributed by atoms with Gasteiger partial charge in [0.25, 0.3) is 0 Å². The minimum absolute atomic E-state index is 0.175. The van der Waals surface area contributed by atoms with Gasteiger partial charge in [-0.2, -0.15) is 0 Å². The topological polar surface area (TPSA) is 32.3 Å². The minimum Gasteiger partial charge on any atom is -0.356 e. The number of nitrogens with zero attached hydrogens (tertiary/aromatic N) is 1. The number of unbranched alkanes of at least 4 members (excludes halogenated alkanes) is 3. The van der Waals surface area contributed by atoms with Crippen LogP contribution < -0.4 is 5.32 Å². The van der Waals surface area contributed by atoms with E-state index in [1.54, 1.807) is 0 Å². The second kappa shape index (κ2) is 10.2. The zero-order chi connectivity index (χ0) is 14.7. The van der Waals surface area contributed by atoms with Gasteiger partial charge in [-0.15, -0.1) is 0 Å². The van der Waals surface area contributed by atoms with E-state index >= 15 is 0 Å². The molecule has 114 valence electrons. The molecule has 0 saturated carbocycles. The molecule has 0 aliphatic heterocycles. The highest BCUT2D eigenvalue weighted by Crippen LogP contribution is 2.28. The van der Waals surface area contributed by atoms with Gasteiger partial charge >= 0.3 is 0 Å². The van der Waals surface area contributed by atoms with Crippen molar-refractivity contribution < 1.29 is 4.79 Å². The molecule has 0 aromatic rings. The standard InChI is InChI=1S/C16H34N2O/c1-6-8-9-10-12-16(3,7-2)15(19)17-13-11-14-18(4)5/h6-14H2,1-5H3,(H,17,19). The van der Waals surface area contributed by atoms with Crippen molar-refractivity contribution in [1.29, 1.82) is 0 Å². The average Bonchev–Trinajstić information content (AvgIpc) is 2.39. The second-order valence-corrected chi connectivity index (χ2v) is 6.14. The Morgan fingerprint density at radius 2 is 1.79 bits per heavy atom. The van der Waals surface area contributed by atoms with Gasteiger partial charge in [0.2, 0.25) is 5.91 Å². The van der Waals surface area contributed by atoms with Crippen molar-refractivity contribution in [3.8, 4) is 0 Å². The van der Waals surface area contributed by atoms with Gasteiger partial charge in [0, 0.05) is 12.0 Å². The van der Waals surface area contributed by atoms with Gasteiger partial charge in [0.1, 0.15) is 0 Å². The van der Waals surface area contributed by atoms with E-state index in [1.165, 1.54) is 25.7 Å². The van der Waals surface area contributed by atoms with Crippen LogP contribution in [-0.2, 0) is 4.79 Å². The van der Waals surface area contributed by atoms with E-state index in [-0.39, 0.29) is 11.3 Å². The van der Waals surface area contributed by atoms with Crippen LogP contribution in [0.15, 0.2) is 0 Å². The molecule has 0 aliphatic carbocycles. The number of hydrogen-bond acceptors (Lipinski definition) is 2. The molecule has 0 radical (unpaired) electrons. The molecule has 0 rings (SSSR count). The first-order valence-electron chi connectivity index (χ1n) is 7.89. The molecule has 0 bridgehead atoms. The summed E-state index contributed by atoms with van der Waals surface area (Å²) in [6.45, 7) is 8.27. The molecule has 0 fully saturated rings. The van der Waals surface area contributed by atoms with E-state index in [1.807, 2.05) is 0 Å². The fourth-order valence-electron chi connectivity index (χ4n) is 2.20. The van der Waals surface area contributed by atoms with Crippen molar-refractivity contribution in [1.82, 2.24) is 10.2 Å². The third-order valence-corrected chi connectivity index (χ3v) is 3.98. The first-order valence-corrected chi connectivity index (χ1v) is 7.89. The maximum atomic E-state index is 12.3. The molecule has 3 heteroatoms. The van der Waals surface area contributed by atoms with Gasteiger partial charge < -0.3 is 10.2 Å². The van der Waals surface area contributed by atoms with Crippen molar-refractivity contribution in [2.24, 2.45) is 5.41 Å². The fraction of sp³-hybridized carbons (Fsp3) is 0.938. The Morgan fingerprint density at radius 3 is 2.32 bits per heavy atom. The van der Waals surface area contributed by atoms with E-state index in [9.17, 15) is 4.79 Å². The molecule has 0 aromatic carbocycles. The molecule has 0 heterocycles. The van der Waals surface area contributed by atoms with Crippen molar-refractivity contribution >= 4 is 5.91 Å². The molecule has 0 saturated heterocycles. The second-order valence-electron chi connectivity index (χ2n) is 6.14. The zero-order valence-corrected chi connectivity index (χ0v) is 13.7. The third kappa shape index (κ3) is 8.25. The zero-order valence-electron chi connectivity index (χ0n) is 13.7. The fourth-order valence-corrected chi connectivity index (χ4v) is 2.20. The van der Waals surface area contributed by atoms with Gasteiger partial charge in [-0.25, -0.2) is 0 Å². The molecular formula is C16H34N2O. The average molecular weight is 270 g/mol. The number of nitrogens with one attached hydrogen (secondary N) is 1. The first-order chi connectivity index (χ1) is 8.96. The van der Waals surface area contributed by atoms with Crippen molar-refractivity contribution in [2.75, 3.05) is 27.2 Å². The Labute approximate surface area is 120 Å². The van der Waals surface area contributed by atoms with Crippen molar-refractivity contribution in [3.05, 3.63) is 0 Å². The quantitative estimate of drug-likeness (QED) is 0.583. The Hall–Kier alpha value is -0.570. The van der Waals surface area contributed by atoms with Crippen LogP contribution in [0, 0.1) is 5.41 Å². The van der Waals surface area contributed by atoms with Crippen LogP contribution in [0.1, 0.15) is 65.7 Å². The molecular weight excluding hydrogens is 236 g/mol. The Bertz CT molecular complexity index is 241. The molecule has 0 aliphatic rings. The van der Waals surface area contributed by atoms with Crippen LogP contribution in [0.2, 0.25) is 0 Å². The molecule has 1 N–H and O–H groups in total. The lowest BCUT2D eigenvalue weighted by Crippen LogP contribution is -2.39. The van der Waals surface area contributed by atoms with Crippen LogP contribution in [-0.4, -0.2) is 38.0 Å². The first kappa shape index (κ1) is 18.4. The highest BCUT2D eigenvalue weighted by atomic mass is 16.2. The van der Waals surface area contributed by atoms with Gasteiger partial charge in [-0.05, 0) is 39.9 Å². The van der Waals surface area contributed by atoms with Crippen LogP contribution in [0.3, 0.4) is 0 Å². The number of hydrogen-bond donors (Lipinski definition) is 1. The lowest BCUT2D eigenvalue weighted by atomic mass is 9.81. The summed E-state index contributed by atoms with van der Waals surface area (Å²) in [4.78, 5) is 14.4. The van der Waals surface area contributed by atoms with E-state index < -0.39 is 0 Å².